The summed E-state index contributed by atoms with van der Waals surface area (Å²) in [4.78, 5) is 10.8. The van der Waals surface area contributed by atoms with E-state index in [9.17, 15) is 4.79 Å². The molecule has 0 rings (SSSR count). The molecule has 0 saturated heterocycles. The zero-order chi connectivity index (χ0) is 8.15. The maximum atomic E-state index is 10.8. The largest absolute Gasteiger partial charge is 0.430 e. The van der Waals surface area contributed by atoms with Crippen molar-refractivity contribution in [2.45, 2.75) is 13.8 Å². The molecule has 3 heteroatoms. The Morgan fingerprint density at radius 3 is 2.50 bits per heavy atom. The van der Waals surface area contributed by atoms with Gasteiger partial charge in [-0.3, -0.25) is 4.79 Å². The van der Waals surface area contributed by atoms with Crippen molar-refractivity contribution < 1.29 is 9.53 Å². The molecule has 0 amide bonds. The van der Waals surface area contributed by atoms with E-state index in [0.717, 1.165) is 0 Å². The van der Waals surface area contributed by atoms with Crippen molar-refractivity contribution in [2.75, 3.05) is 5.88 Å². The SMILES string of the molecule is C=C(CCl)OC(=O)C(C)C. The van der Waals surface area contributed by atoms with Crippen molar-refractivity contribution >= 4 is 17.6 Å². The van der Waals surface area contributed by atoms with Crippen molar-refractivity contribution in [3.05, 3.63) is 12.3 Å². The van der Waals surface area contributed by atoms with E-state index in [-0.39, 0.29) is 17.8 Å². The normalized spacial score (nSPS) is 9.60. The molecule has 0 atom stereocenters. The molecule has 10 heavy (non-hydrogen) atoms. The van der Waals surface area contributed by atoms with Crippen LogP contribution in [0.4, 0.5) is 0 Å². The summed E-state index contributed by atoms with van der Waals surface area (Å²) in [7, 11) is 0. The van der Waals surface area contributed by atoms with Crippen LogP contribution >= 0.6 is 11.6 Å². The minimum Gasteiger partial charge on any atom is -0.430 e. The van der Waals surface area contributed by atoms with E-state index >= 15 is 0 Å². The van der Waals surface area contributed by atoms with Crippen LogP contribution in [0.25, 0.3) is 0 Å². The molecule has 0 aliphatic rings. The first-order chi connectivity index (χ1) is 4.57. The lowest BCUT2D eigenvalue weighted by molar-refractivity contribution is -0.142. The second kappa shape index (κ2) is 4.34. The minimum absolute atomic E-state index is 0.125. The second-order valence-corrected chi connectivity index (χ2v) is 2.52. The van der Waals surface area contributed by atoms with Crippen LogP contribution in [0.15, 0.2) is 12.3 Å². The molecule has 0 heterocycles. The minimum atomic E-state index is -0.286. The van der Waals surface area contributed by atoms with E-state index in [1.165, 1.54) is 0 Å². The Labute approximate surface area is 65.8 Å². The molecule has 0 unspecified atom stereocenters. The number of esters is 1. The molecule has 0 aliphatic heterocycles. The van der Waals surface area contributed by atoms with E-state index in [2.05, 4.69) is 6.58 Å². The summed E-state index contributed by atoms with van der Waals surface area (Å²) in [6.45, 7) is 6.93. The molecule has 0 radical (unpaired) electrons. The third-order valence-electron chi connectivity index (χ3n) is 0.865. The zero-order valence-electron chi connectivity index (χ0n) is 6.19. The first kappa shape index (κ1) is 9.50. The topological polar surface area (TPSA) is 26.3 Å². The molecular formula is C7H11ClO2. The van der Waals surface area contributed by atoms with Crippen molar-refractivity contribution in [3.8, 4) is 0 Å². The maximum Gasteiger partial charge on any atom is 0.313 e. The molecule has 0 N–H and O–H groups in total. The lowest BCUT2D eigenvalue weighted by Gasteiger charge is -2.05. The highest BCUT2D eigenvalue weighted by Gasteiger charge is 2.08. The fourth-order valence-electron chi connectivity index (χ4n) is 0.287. The Bertz CT molecular complexity index is 141. The fourth-order valence-corrected chi connectivity index (χ4v) is 0.342. The molecular weight excluding hydrogens is 152 g/mol. The van der Waals surface area contributed by atoms with Gasteiger partial charge in [-0.25, -0.2) is 0 Å². The van der Waals surface area contributed by atoms with Crippen LogP contribution in [-0.4, -0.2) is 11.8 Å². The Morgan fingerprint density at radius 1 is 1.70 bits per heavy atom. The molecule has 58 valence electrons. The van der Waals surface area contributed by atoms with Gasteiger partial charge in [0.15, 0.2) is 0 Å². The first-order valence-electron chi connectivity index (χ1n) is 3.03. The Balaban J connectivity index is 3.69. The lowest BCUT2D eigenvalue weighted by atomic mass is 10.2. The third kappa shape index (κ3) is 3.51. The van der Waals surface area contributed by atoms with Crippen molar-refractivity contribution in [2.24, 2.45) is 5.92 Å². The summed E-state index contributed by atoms with van der Waals surface area (Å²) in [5, 5.41) is 0. The van der Waals surface area contributed by atoms with Crippen LogP contribution in [0.2, 0.25) is 0 Å². The zero-order valence-corrected chi connectivity index (χ0v) is 6.94. The maximum absolute atomic E-state index is 10.8. The molecule has 0 aromatic rings. The summed E-state index contributed by atoms with van der Waals surface area (Å²) in [6.07, 6.45) is 0. The highest BCUT2D eigenvalue weighted by atomic mass is 35.5. The van der Waals surface area contributed by atoms with Crippen LogP contribution in [0, 0.1) is 5.92 Å². The van der Waals surface area contributed by atoms with Crippen molar-refractivity contribution in [3.63, 3.8) is 0 Å². The molecule has 0 saturated carbocycles. The van der Waals surface area contributed by atoms with Gasteiger partial charge < -0.3 is 4.74 Å². The fraction of sp³-hybridized carbons (Fsp3) is 0.571. The number of alkyl halides is 1. The molecule has 0 aromatic heterocycles. The second-order valence-electron chi connectivity index (χ2n) is 2.25. The van der Waals surface area contributed by atoms with Gasteiger partial charge >= 0.3 is 5.97 Å². The number of carbonyl (C=O) groups is 1. The Hall–Kier alpha value is -0.500. The van der Waals surface area contributed by atoms with Gasteiger partial charge in [0.1, 0.15) is 5.76 Å². The molecule has 0 bridgehead atoms. The number of halogens is 1. The summed E-state index contributed by atoms with van der Waals surface area (Å²) >= 11 is 5.32. The number of rotatable bonds is 3. The average Bonchev–Trinajstić information content (AvgIpc) is 1.87. The van der Waals surface area contributed by atoms with Crippen molar-refractivity contribution in [1.29, 1.82) is 0 Å². The van der Waals surface area contributed by atoms with Gasteiger partial charge in [-0.05, 0) is 0 Å². The molecule has 0 spiro atoms. The third-order valence-corrected chi connectivity index (χ3v) is 1.16. The van der Waals surface area contributed by atoms with Gasteiger partial charge in [0.05, 0.1) is 11.8 Å². The summed E-state index contributed by atoms with van der Waals surface area (Å²) in [5.74, 6) is 0.0596. The summed E-state index contributed by atoms with van der Waals surface area (Å²) in [6, 6.07) is 0. The summed E-state index contributed by atoms with van der Waals surface area (Å²) in [5.41, 5.74) is 0. The standard InChI is InChI=1S/C7H11ClO2/c1-5(2)7(9)10-6(3)4-8/h5H,3-4H2,1-2H3. The van der Waals surface area contributed by atoms with Crippen LogP contribution in [0.3, 0.4) is 0 Å². The van der Waals surface area contributed by atoms with Crippen LogP contribution < -0.4 is 0 Å². The number of carbonyl (C=O) groups excluding carboxylic acids is 1. The van der Waals surface area contributed by atoms with Gasteiger partial charge in [-0.15, -0.1) is 11.6 Å². The molecule has 2 nitrogen and oxygen atoms in total. The van der Waals surface area contributed by atoms with E-state index in [1.807, 2.05) is 0 Å². The average molecular weight is 163 g/mol. The van der Waals surface area contributed by atoms with Gasteiger partial charge in [0.2, 0.25) is 0 Å². The number of hydrogen-bond donors (Lipinski definition) is 0. The smallest absolute Gasteiger partial charge is 0.313 e. The van der Waals surface area contributed by atoms with E-state index in [1.54, 1.807) is 13.8 Å². The van der Waals surface area contributed by atoms with Gasteiger partial charge in [-0.1, -0.05) is 20.4 Å². The summed E-state index contributed by atoms with van der Waals surface area (Å²) < 4.78 is 4.70. The molecule has 0 fully saturated rings. The number of ether oxygens (including phenoxy) is 1. The quantitative estimate of drug-likeness (QED) is 0.360. The van der Waals surface area contributed by atoms with Crippen LogP contribution in [0.5, 0.6) is 0 Å². The van der Waals surface area contributed by atoms with E-state index in [4.69, 9.17) is 16.3 Å². The highest BCUT2D eigenvalue weighted by Crippen LogP contribution is 2.02. The molecule has 0 aromatic carbocycles. The molecule has 0 aliphatic carbocycles. The lowest BCUT2D eigenvalue weighted by Crippen LogP contribution is -2.11. The van der Waals surface area contributed by atoms with E-state index in [0.29, 0.717) is 5.76 Å². The monoisotopic (exact) mass is 162 g/mol. The predicted octanol–water partition coefficient (Wildman–Crippen LogP) is 1.94. The van der Waals surface area contributed by atoms with Gasteiger partial charge in [0, 0.05) is 0 Å². The van der Waals surface area contributed by atoms with E-state index < -0.39 is 0 Å². The van der Waals surface area contributed by atoms with Gasteiger partial charge in [-0.2, -0.15) is 0 Å². The highest BCUT2D eigenvalue weighted by molar-refractivity contribution is 6.19. The van der Waals surface area contributed by atoms with Crippen molar-refractivity contribution in [1.82, 2.24) is 0 Å². The Kier molecular flexibility index (Phi) is 4.12. The number of allylic oxidation sites excluding steroid dienone is 1. The predicted molar refractivity (Wildman–Crippen MR) is 40.8 cm³/mol. The van der Waals surface area contributed by atoms with Crippen LogP contribution in [-0.2, 0) is 9.53 Å². The van der Waals surface area contributed by atoms with Crippen LogP contribution in [0.1, 0.15) is 13.8 Å². The Morgan fingerprint density at radius 2 is 2.20 bits per heavy atom. The van der Waals surface area contributed by atoms with Gasteiger partial charge in [0.25, 0.3) is 0 Å². The first-order valence-corrected chi connectivity index (χ1v) is 3.56. The number of hydrogen-bond acceptors (Lipinski definition) is 2.